The van der Waals surface area contributed by atoms with Crippen LogP contribution in [0.3, 0.4) is 0 Å². The molecule has 0 amide bonds. The van der Waals surface area contributed by atoms with Gasteiger partial charge in [0.05, 0.1) is 10.7 Å². The summed E-state index contributed by atoms with van der Waals surface area (Å²) in [5.41, 5.74) is 0.450. The SMILES string of the molecule is O=S1(=O)NCCN1c1ccc(Cl)cc1Cl. The van der Waals surface area contributed by atoms with Crippen LogP contribution in [-0.2, 0) is 10.2 Å². The van der Waals surface area contributed by atoms with Gasteiger partial charge in [0, 0.05) is 18.1 Å². The minimum absolute atomic E-state index is 0.328. The van der Waals surface area contributed by atoms with Gasteiger partial charge in [0.2, 0.25) is 0 Å². The Bertz CT molecular complexity index is 489. The van der Waals surface area contributed by atoms with Crippen molar-refractivity contribution in [1.82, 2.24) is 4.72 Å². The van der Waals surface area contributed by atoms with Crippen molar-refractivity contribution in [3.63, 3.8) is 0 Å². The molecule has 2 rings (SSSR count). The van der Waals surface area contributed by atoms with Crippen molar-refractivity contribution < 1.29 is 8.42 Å². The molecule has 0 atom stereocenters. The topological polar surface area (TPSA) is 49.4 Å². The van der Waals surface area contributed by atoms with Gasteiger partial charge < -0.3 is 0 Å². The Hall–Kier alpha value is -0.490. The van der Waals surface area contributed by atoms with Crippen LogP contribution in [-0.4, -0.2) is 21.5 Å². The molecule has 1 heterocycles. The van der Waals surface area contributed by atoms with E-state index in [9.17, 15) is 8.42 Å². The second-order valence-corrected chi connectivity index (χ2v) is 5.59. The minimum Gasteiger partial charge on any atom is -0.255 e. The molecule has 1 aromatic carbocycles. The van der Waals surface area contributed by atoms with E-state index in [-0.39, 0.29) is 0 Å². The van der Waals surface area contributed by atoms with Gasteiger partial charge in [-0.2, -0.15) is 13.1 Å². The van der Waals surface area contributed by atoms with E-state index in [0.717, 1.165) is 0 Å². The molecule has 1 aliphatic rings. The molecule has 0 aliphatic carbocycles. The summed E-state index contributed by atoms with van der Waals surface area (Å²) in [6.07, 6.45) is 0. The molecular weight excluding hydrogens is 259 g/mol. The van der Waals surface area contributed by atoms with Gasteiger partial charge in [-0.05, 0) is 18.2 Å². The molecule has 0 saturated carbocycles. The predicted molar refractivity (Wildman–Crippen MR) is 60.7 cm³/mol. The van der Waals surface area contributed by atoms with Crippen LogP contribution in [0.15, 0.2) is 18.2 Å². The fourth-order valence-electron chi connectivity index (χ4n) is 1.41. The maximum atomic E-state index is 11.5. The molecule has 1 aliphatic heterocycles. The smallest absolute Gasteiger partial charge is 0.255 e. The first-order valence-electron chi connectivity index (χ1n) is 4.23. The molecule has 0 spiro atoms. The summed E-state index contributed by atoms with van der Waals surface area (Å²) in [6, 6.07) is 4.72. The molecule has 0 bridgehead atoms. The highest BCUT2D eigenvalue weighted by atomic mass is 35.5. The number of rotatable bonds is 1. The maximum Gasteiger partial charge on any atom is 0.301 e. The molecule has 1 fully saturated rings. The van der Waals surface area contributed by atoms with Crippen molar-refractivity contribution in [2.75, 3.05) is 17.4 Å². The van der Waals surface area contributed by atoms with Crippen LogP contribution in [0.1, 0.15) is 0 Å². The van der Waals surface area contributed by atoms with Crippen LogP contribution in [0.5, 0.6) is 0 Å². The highest BCUT2D eigenvalue weighted by Gasteiger charge is 2.29. The fraction of sp³-hybridized carbons (Fsp3) is 0.250. The Balaban J connectivity index is 2.46. The zero-order valence-corrected chi connectivity index (χ0v) is 9.90. The summed E-state index contributed by atoms with van der Waals surface area (Å²) in [4.78, 5) is 0. The first kappa shape index (κ1) is 11.0. The van der Waals surface area contributed by atoms with Crippen LogP contribution in [0.4, 0.5) is 5.69 Å². The second-order valence-electron chi connectivity index (χ2n) is 3.07. The summed E-state index contributed by atoms with van der Waals surface area (Å²) in [5.74, 6) is 0. The lowest BCUT2D eigenvalue weighted by molar-refractivity contribution is 0.591. The fourth-order valence-corrected chi connectivity index (χ4v) is 3.22. The Labute approximate surface area is 98.0 Å². The van der Waals surface area contributed by atoms with E-state index >= 15 is 0 Å². The van der Waals surface area contributed by atoms with Crippen LogP contribution in [0.25, 0.3) is 0 Å². The molecule has 15 heavy (non-hydrogen) atoms. The molecule has 7 heteroatoms. The van der Waals surface area contributed by atoms with Gasteiger partial charge in [-0.3, -0.25) is 4.31 Å². The van der Waals surface area contributed by atoms with Gasteiger partial charge in [-0.15, -0.1) is 0 Å². The van der Waals surface area contributed by atoms with Gasteiger partial charge in [0.15, 0.2) is 0 Å². The quantitative estimate of drug-likeness (QED) is 0.841. The van der Waals surface area contributed by atoms with Crippen LogP contribution in [0, 0.1) is 0 Å². The largest absolute Gasteiger partial charge is 0.301 e. The lowest BCUT2D eigenvalue weighted by atomic mass is 10.3. The number of hydrogen-bond acceptors (Lipinski definition) is 2. The van der Waals surface area contributed by atoms with Crippen LogP contribution < -0.4 is 9.03 Å². The van der Waals surface area contributed by atoms with E-state index in [1.165, 1.54) is 10.4 Å². The van der Waals surface area contributed by atoms with Gasteiger partial charge in [-0.25, -0.2) is 0 Å². The Morgan fingerprint density at radius 2 is 2.07 bits per heavy atom. The molecular formula is C8H8Cl2N2O2S. The number of halogens is 2. The third kappa shape index (κ3) is 2.06. The lowest BCUT2D eigenvalue weighted by Crippen LogP contribution is -2.29. The van der Waals surface area contributed by atoms with E-state index in [2.05, 4.69) is 4.72 Å². The number of hydrogen-bond donors (Lipinski definition) is 1. The Kier molecular flexibility index (Phi) is 2.81. The van der Waals surface area contributed by atoms with Crippen molar-refractivity contribution in [1.29, 1.82) is 0 Å². The van der Waals surface area contributed by atoms with Gasteiger partial charge in [0.25, 0.3) is 0 Å². The van der Waals surface area contributed by atoms with Crippen molar-refractivity contribution in [3.05, 3.63) is 28.2 Å². The summed E-state index contributed by atoms with van der Waals surface area (Å²) < 4.78 is 26.7. The van der Waals surface area contributed by atoms with Crippen LogP contribution >= 0.6 is 23.2 Å². The maximum absolute atomic E-state index is 11.5. The summed E-state index contributed by atoms with van der Waals surface area (Å²) in [7, 11) is -3.42. The predicted octanol–water partition coefficient (Wildman–Crippen LogP) is 1.65. The average molecular weight is 267 g/mol. The normalized spacial score (nSPS) is 19.5. The zero-order chi connectivity index (χ0) is 11.1. The Morgan fingerprint density at radius 3 is 2.60 bits per heavy atom. The molecule has 0 aromatic heterocycles. The zero-order valence-electron chi connectivity index (χ0n) is 7.57. The van der Waals surface area contributed by atoms with Gasteiger partial charge >= 0.3 is 10.2 Å². The lowest BCUT2D eigenvalue weighted by Gasteiger charge is -2.17. The first-order valence-corrected chi connectivity index (χ1v) is 6.43. The van der Waals surface area contributed by atoms with E-state index in [1.54, 1.807) is 12.1 Å². The molecule has 82 valence electrons. The number of anilines is 1. The van der Waals surface area contributed by atoms with E-state index in [4.69, 9.17) is 23.2 Å². The monoisotopic (exact) mass is 266 g/mol. The number of nitrogens with zero attached hydrogens (tertiary/aromatic N) is 1. The molecule has 1 aromatic rings. The van der Waals surface area contributed by atoms with E-state index < -0.39 is 10.2 Å². The third-order valence-corrected chi connectivity index (χ3v) is 4.13. The molecule has 1 saturated heterocycles. The molecule has 0 radical (unpaired) electrons. The highest BCUT2D eigenvalue weighted by molar-refractivity contribution is 7.91. The number of nitrogens with one attached hydrogen (secondary N) is 1. The molecule has 0 unspecified atom stereocenters. The van der Waals surface area contributed by atoms with E-state index in [1.807, 2.05) is 0 Å². The first-order chi connectivity index (χ1) is 7.00. The van der Waals surface area contributed by atoms with Crippen molar-refractivity contribution >= 4 is 39.1 Å². The Morgan fingerprint density at radius 1 is 1.33 bits per heavy atom. The number of benzene rings is 1. The van der Waals surface area contributed by atoms with Gasteiger partial charge in [0.1, 0.15) is 0 Å². The second kappa shape index (κ2) is 3.83. The van der Waals surface area contributed by atoms with E-state index in [0.29, 0.717) is 28.8 Å². The molecule has 1 N–H and O–H groups in total. The minimum atomic E-state index is -3.42. The highest BCUT2D eigenvalue weighted by Crippen LogP contribution is 2.30. The van der Waals surface area contributed by atoms with Crippen LogP contribution in [0.2, 0.25) is 10.0 Å². The molecule has 4 nitrogen and oxygen atoms in total. The average Bonchev–Trinajstić information content (AvgIpc) is 2.46. The third-order valence-electron chi connectivity index (χ3n) is 2.07. The van der Waals surface area contributed by atoms with Crippen molar-refractivity contribution in [3.8, 4) is 0 Å². The standard InChI is InChI=1S/C8H8Cl2N2O2S/c9-6-1-2-8(7(10)5-6)12-4-3-11-15(12,13)14/h1-2,5,11H,3-4H2. The van der Waals surface area contributed by atoms with Gasteiger partial charge in [-0.1, -0.05) is 23.2 Å². The van der Waals surface area contributed by atoms with Crippen molar-refractivity contribution in [2.24, 2.45) is 0 Å². The summed E-state index contributed by atoms with van der Waals surface area (Å²) >= 11 is 11.6. The summed E-state index contributed by atoms with van der Waals surface area (Å²) in [6.45, 7) is 0.769. The van der Waals surface area contributed by atoms with Crippen molar-refractivity contribution in [2.45, 2.75) is 0 Å². The summed E-state index contributed by atoms with van der Waals surface area (Å²) in [5, 5.41) is 0.808.